The topological polar surface area (TPSA) is 86.9 Å². The molecule has 2 aromatic carbocycles. The number of aromatic nitrogens is 2. The summed E-state index contributed by atoms with van der Waals surface area (Å²) < 4.78 is 0. The summed E-state index contributed by atoms with van der Waals surface area (Å²) in [7, 11) is 0. The Labute approximate surface area is 159 Å². The number of hydrogen-bond donors (Lipinski definition) is 3. The molecule has 0 fully saturated rings. The van der Waals surface area contributed by atoms with Crippen LogP contribution < -0.4 is 10.9 Å². The van der Waals surface area contributed by atoms with Crippen molar-refractivity contribution in [3.63, 3.8) is 0 Å². The van der Waals surface area contributed by atoms with Crippen LogP contribution in [0.25, 0.3) is 11.3 Å². The Morgan fingerprint density at radius 1 is 0.962 bits per heavy atom. The minimum absolute atomic E-state index is 0.0585. The summed E-state index contributed by atoms with van der Waals surface area (Å²) in [6, 6.07) is 16.0. The second kappa shape index (κ2) is 8.03. The number of rotatable bonds is 4. The van der Waals surface area contributed by atoms with E-state index in [0.717, 1.165) is 5.56 Å². The maximum absolute atomic E-state index is 12.1. The molecule has 0 atom stereocenters. The van der Waals surface area contributed by atoms with Gasteiger partial charge >= 0.3 is 0 Å². The summed E-state index contributed by atoms with van der Waals surface area (Å²) in [5.41, 5.74) is 6.88. The maximum Gasteiger partial charge on any atom is 0.287 e. The molecular formula is C18H14Cl2N4O2. The lowest BCUT2D eigenvalue weighted by atomic mass is 10.1. The van der Waals surface area contributed by atoms with Crippen LogP contribution in [-0.2, 0) is 11.2 Å². The van der Waals surface area contributed by atoms with E-state index in [1.54, 1.807) is 24.3 Å². The Kier molecular flexibility index (Phi) is 5.55. The number of aromatic amines is 1. The largest absolute Gasteiger partial charge is 0.287 e. The Morgan fingerprint density at radius 2 is 1.65 bits per heavy atom. The van der Waals surface area contributed by atoms with Gasteiger partial charge in [0.25, 0.3) is 5.91 Å². The van der Waals surface area contributed by atoms with Crippen LogP contribution in [0.4, 0.5) is 0 Å². The first kappa shape index (κ1) is 18.0. The van der Waals surface area contributed by atoms with Crippen molar-refractivity contribution in [3.05, 3.63) is 75.9 Å². The minimum atomic E-state index is -0.515. The van der Waals surface area contributed by atoms with Crippen LogP contribution in [0.2, 0.25) is 10.0 Å². The summed E-state index contributed by atoms with van der Waals surface area (Å²) >= 11 is 12.1. The Bertz CT molecular complexity index is 921. The Morgan fingerprint density at radius 3 is 2.35 bits per heavy atom. The van der Waals surface area contributed by atoms with Gasteiger partial charge in [0, 0.05) is 15.6 Å². The van der Waals surface area contributed by atoms with E-state index in [4.69, 9.17) is 23.2 Å². The standard InChI is InChI=1S/C18H14Cl2N4O2/c19-13-7-4-8-14(20)12(13)9-17(25)23-24-18(26)16-10-15(21-22-16)11-5-2-1-3-6-11/h1-8,10H,9H2,(H,21,22)(H,23,25)(H,24,26). The number of carbonyl (C=O) groups excluding carboxylic acids is 2. The molecule has 0 radical (unpaired) electrons. The molecule has 2 amide bonds. The summed E-state index contributed by atoms with van der Waals surface area (Å²) in [5.74, 6) is -0.963. The fourth-order valence-corrected chi connectivity index (χ4v) is 2.83. The van der Waals surface area contributed by atoms with Crippen molar-refractivity contribution in [2.75, 3.05) is 0 Å². The van der Waals surface area contributed by atoms with E-state index in [2.05, 4.69) is 21.0 Å². The number of halogens is 2. The highest BCUT2D eigenvalue weighted by Crippen LogP contribution is 2.24. The smallest absolute Gasteiger partial charge is 0.273 e. The number of hydrogen-bond acceptors (Lipinski definition) is 3. The van der Waals surface area contributed by atoms with Crippen LogP contribution >= 0.6 is 23.2 Å². The lowest BCUT2D eigenvalue weighted by molar-refractivity contribution is -0.121. The van der Waals surface area contributed by atoms with Gasteiger partial charge in [-0.05, 0) is 23.8 Å². The lowest BCUT2D eigenvalue weighted by Gasteiger charge is -2.08. The van der Waals surface area contributed by atoms with Gasteiger partial charge in [-0.3, -0.25) is 25.5 Å². The first-order valence-corrected chi connectivity index (χ1v) is 8.43. The molecular weight excluding hydrogens is 375 g/mol. The highest BCUT2D eigenvalue weighted by atomic mass is 35.5. The van der Waals surface area contributed by atoms with Crippen molar-refractivity contribution in [1.82, 2.24) is 21.0 Å². The highest BCUT2D eigenvalue weighted by Gasteiger charge is 2.14. The molecule has 3 aromatic rings. The van der Waals surface area contributed by atoms with Gasteiger partial charge in [-0.15, -0.1) is 0 Å². The molecule has 6 nitrogen and oxygen atoms in total. The zero-order valence-corrected chi connectivity index (χ0v) is 14.9. The molecule has 0 aliphatic heterocycles. The predicted octanol–water partition coefficient (Wildman–Crippen LogP) is 3.39. The number of amides is 2. The van der Waals surface area contributed by atoms with Crippen LogP contribution in [0, 0.1) is 0 Å². The molecule has 0 bridgehead atoms. The third-order valence-electron chi connectivity index (χ3n) is 3.61. The molecule has 0 saturated heterocycles. The predicted molar refractivity (Wildman–Crippen MR) is 99.8 cm³/mol. The molecule has 1 heterocycles. The summed E-state index contributed by atoms with van der Waals surface area (Å²) in [6.07, 6.45) is -0.0585. The monoisotopic (exact) mass is 388 g/mol. The molecule has 8 heteroatoms. The zero-order chi connectivity index (χ0) is 18.5. The maximum atomic E-state index is 12.1. The van der Waals surface area contributed by atoms with Crippen molar-refractivity contribution in [2.45, 2.75) is 6.42 Å². The van der Waals surface area contributed by atoms with Crippen molar-refractivity contribution in [1.29, 1.82) is 0 Å². The molecule has 26 heavy (non-hydrogen) atoms. The van der Waals surface area contributed by atoms with Crippen molar-refractivity contribution in [3.8, 4) is 11.3 Å². The van der Waals surface area contributed by atoms with E-state index >= 15 is 0 Å². The van der Waals surface area contributed by atoms with Gasteiger partial charge in [0.1, 0.15) is 5.69 Å². The molecule has 0 spiro atoms. The second-order valence-electron chi connectivity index (χ2n) is 5.41. The second-order valence-corrected chi connectivity index (χ2v) is 6.23. The molecule has 0 saturated carbocycles. The average Bonchev–Trinajstić information content (AvgIpc) is 3.14. The van der Waals surface area contributed by atoms with E-state index in [1.165, 1.54) is 0 Å². The molecule has 3 rings (SSSR count). The van der Waals surface area contributed by atoms with Crippen molar-refractivity contribution >= 4 is 35.0 Å². The number of H-pyrrole nitrogens is 1. The molecule has 0 aliphatic rings. The molecule has 1 aromatic heterocycles. The number of hydrazine groups is 1. The fourth-order valence-electron chi connectivity index (χ4n) is 2.29. The SMILES string of the molecule is O=C(Cc1c(Cl)cccc1Cl)NNC(=O)c1cc(-c2ccccc2)n[nH]1. The molecule has 0 unspecified atom stereocenters. The van der Waals surface area contributed by atoms with Gasteiger partial charge < -0.3 is 0 Å². The number of carbonyl (C=O) groups is 2. The quantitative estimate of drug-likeness (QED) is 0.598. The van der Waals surface area contributed by atoms with E-state index in [1.807, 2.05) is 30.3 Å². The molecule has 132 valence electrons. The van der Waals surface area contributed by atoms with Gasteiger partial charge in [0.2, 0.25) is 5.91 Å². The van der Waals surface area contributed by atoms with Crippen LogP contribution in [-0.4, -0.2) is 22.0 Å². The Hall–Kier alpha value is -2.83. The first-order valence-electron chi connectivity index (χ1n) is 7.67. The van der Waals surface area contributed by atoms with Crippen molar-refractivity contribution < 1.29 is 9.59 Å². The third-order valence-corrected chi connectivity index (χ3v) is 4.31. The normalized spacial score (nSPS) is 10.4. The summed E-state index contributed by atoms with van der Waals surface area (Å²) in [4.78, 5) is 24.1. The van der Waals surface area contributed by atoms with E-state index in [-0.39, 0.29) is 12.1 Å². The van der Waals surface area contributed by atoms with E-state index in [9.17, 15) is 9.59 Å². The van der Waals surface area contributed by atoms with E-state index in [0.29, 0.717) is 21.3 Å². The lowest BCUT2D eigenvalue weighted by Crippen LogP contribution is -2.42. The first-order chi connectivity index (χ1) is 12.5. The summed E-state index contributed by atoms with van der Waals surface area (Å²) in [5, 5.41) is 7.51. The fraction of sp³-hybridized carbons (Fsp3) is 0.0556. The van der Waals surface area contributed by atoms with E-state index < -0.39 is 11.8 Å². The van der Waals surface area contributed by atoms with Crippen LogP contribution in [0.1, 0.15) is 16.1 Å². The van der Waals surface area contributed by atoms with Gasteiger partial charge in [0.15, 0.2) is 0 Å². The van der Waals surface area contributed by atoms with Crippen molar-refractivity contribution in [2.24, 2.45) is 0 Å². The third kappa shape index (κ3) is 4.22. The number of nitrogens with zero attached hydrogens (tertiary/aromatic N) is 1. The average molecular weight is 389 g/mol. The zero-order valence-electron chi connectivity index (χ0n) is 13.4. The molecule has 0 aliphatic carbocycles. The van der Waals surface area contributed by atoms with Crippen LogP contribution in [0.15, 0.2) is 54.6 Å². The molecule has 3 N–H and O–H groups in total. The van der Waals surface area contributed by atoms with Crippen LogP contribution in [0.3, 0.4) is 0 Å². The van der Waals surface area contributed by atoms with Crippen LogP contribution in [0.5, 0.6) is 0 Å². The van der Waals surface area contributed by atoms with Gasteiger partial charge in [-0.25, -0.2) is 0 Å². The van der Waals surface area contributed by atoms with Gasteiger partial charge in [-0.1, -0.05) is 59.6 Å². The highest BCUT2D eigenvalue weighted by molar-refractivity contribution is 6.36. The summed E-state index contributed by atoms with van der Waals surface area (Å²) in [6.45, 7) is 0. The minimum Gasteiger partial charge on any atom is -0.273 e. The number of benzene rings is 2. The van der Waals surface area contributed by atoms with Gasteiger partial charge in [-0.2, -0.15) is 5.10 Å². The van der Waals surface area contributed by atoms with Gasteiger partial charge in [0.05, 0.1) is 12.1 Å². The Balaban J connectivity index is 1.59. The number of nitrogens with one attached hydrogen (secondary N) is 3.